The summed E-state index contributed by atoms with van der Waals surface area (Å²) in [5.41, 5.74) is 6.43. The van der Waals surface area contributed by atoms with E-state index in [-0.39, 0.29) is 24.5 Å². The highest BCUT2D eigenvalue weighted by molar-refractivity contribution is 5.94. The highest BCUT2D eigenvalue weighted by Crippen LogP contribution is 2.36. The van der Waals surface area contributed by atoms with E-state index in [4.69, 9.17) is 4.74 Å². The summed E-state index contributed by atoms with van der Waals surface area (Å²) in [5, 5.41) is 18.5. The number of nitrogens with zero attached hydrogens (tertiary/aromatic N) is 4. The lowest BCUT2D eigenvalue weighted by atomic mass is 9.83. The number of carboxylic acid groups (broad SMARTS) is 1. The summed E-state index contributed by atoms with van der Waals surface area (Å²) < 4.78 is 35.8. The van der Waals surface area contributed by atoms with Crippen molar-refractivity contribution in [1.82, 2.24) is 19.9 Å². The first kappa shape index (κ1) is 26.9. The van der Waals surface area contributed by atoms with Gasteiger partial charge in [-0.3, -0.25) is 9.59 Å². The van der Waals surface area contributed by atoms with Gasteiger partial charge in [0.25, 0.3) is 5.91 Å². The molecule has 5 aliphatic heterocycles. The molecule has 4 aromatic rings. The standard InChI is InChI=1S/C31H30F2N4O4/c1-19-25-10-11-27-29(19)34-35-37(27)14-3-2-13-31(32,33)41-24-8-6-21(7-9-24)30(40)36-15-12-20-4-5-22(16-23(20)18-36)26(25)17-28(38)39/h4-11,16,26H,2-3,12-15,17-18H2,1H3,(H,38,39). The Balaban J connectivity index is 1.42. The van der Waals surface area contributed by atoms with Crippen molar-refractivity contribution >= 4 is 22.9 Å². The fourth-order valence-corrected chi connectivity index (χ4v) is 5.94. The van der Waals surface area contributed by atoms with Gasteiger partial charge in [0.2, 0.25) is 0 Å². The van der Waals surface area contributed by atoms with E-state index in [1.165, 1.54) is 24.3 Å². The zero-order chi connectivity index (χ0) is 28.7. The first-order chi connectivity index (χ1) is 19.7. The molecule has 0 aliphatic carbocycles. The average molecular weight is 561 g/mol. The number of benzene rings is 3. The van der Waals surface area contributed by atoms with Crippen molar-refractivity contribution in [1.29, 1.82) is 0 Å². The maximum atomic E-state index is 14.6. The third-order valence-corrected chi connectivity index (χ3v) is 8.12. The van der Waals surface area contributed by atoms with Crippen LogP contribution in [0, 0.1) is 6.92 Å². The van der Waals surface area contributed by atoms with Crippen LogP contribution in [0.3, 0.4) is 0 Å². The molecule has 0 spiro atoms. The molecule has 41 heavy (non-hydrogen) atoms. The van der Waals surface area contributed by atoms with Crippen molar-refractivity contribution < 1.29 is 28.2 Å². The van der Waals surface area contributed by atoms with E-state index in [1.54, 1.807) is 9.58 Å². The smallest absolute Gasteiger partial charge is 0.397 e. The number of aryl methyl sites for hydroxylation is 2. The fraction of sp³-hybridized carbons (Fsp3) is 0.355. The lowest BCUT2D eigenvalue weighted by molar-refractivity contribution is -0.181. The van der Waals surface area contributed by atoms with Crippen molar-refractivity contribution in [3.63, 3.8) is 0 Å². The zero-order valence-electron chi connectivity index (χ0n) is 22.6. The van der Waals surface area contributed by atoms with Gasteiger partial charge in [-0.15, -0.1) is 5.10 Å². The van der Waals surface area contributed by atoms with Gasteiger partial charge in [-0.1, -0.05) is 29.5 Å². The molecule has 212 valence electrons. The van der Waals surface area contributed by atoms with Gasteiger partial charge in [0, 0.05) is 31.1 Å². The highest BCUT2D eigenvalue weighted by atomic mass is 19.3. The Kier molecular flexibility index (Phi) is 6.93. The number of ether oxygens (including phenoxy) is 1. The number of aliphatic carboxylic acids is 1. The molecule has 9 bridgehead atoms. The van der Waals surface area contributed by atoms with E-state index in [0.29, 0.717) is 43.6 Å². The SMILES string of the molecule is Cc1c2ccc3c1nnn3CCCCC(F)(F)Oc1ccc(cc1)C(=O)N1CCc3ccc(cc3C1)C2CC(=O)O. The Bertz CT molecular complexity index is 1630. The Morgan fingerprint density at radius 1 is 1.07 bits per heavy atom. The summed E-state index contributed by atoms with van der Waals surface area (Å²) in [6, 6.07) is 15.6. The van der Waals surface area contributed by atoms with Crippen molar-refractivity contribution in [2.75, 3.05) is 6.54 Å². The molecule has 0 saturated heterocycles. The Hall–Kier alpha value is -4.34. The lowest BCUT2D eigenvalue weighted by Crippen LogP contribution is -2.36. The minimum atomic E-state index is -3.36. The summed E-state index contributed by atoms with van der Waals surface area (Å²) in [7, 11) is 0. The van der Waals surface area contributed by atoms with Crippen molar-refractivity contribution in [2.45, 2.75) is 64.1 Å². The first-order valence-electron chi connectivity index (χ1n) is 13.8. The number of carboxylic acids is 1. The molecule has 1 amide bonds. The van der Waals surface area contributed by atoms with Crippen LogP contribution in [-0.2, 0) is 24.3 Å². The van der Waals surface area contributed by atoms with Gasteiger partial charge in [0.15, 0.2) is 0 Å². The van der Waals surface area contributed by atoms with Crippen LogP contribution in [0.1, 0.15) is 69.8 Å². The molecule has 1 atom stereocenters. The van der Waals surface area contributed by atoms with Crippen LogP contribution in [0.5, 0.6) is 5.75 Å². The number of rotatable bonds is 2. The van der Waals surface area contributed by atoms with E-state index in [0.717, 1.165) is 33.3 Å². The van der Waals surface area contributed by atoms with Crippen LogP contribution < -0.4 is 4.74 Å². The van der Waals surface area contributed by atoms with Gasteiger partial charge in [0.1, 0.15) is 11.3 Å². The number of hydrogen-bond acceptors (Lipinski definition) is 5. The van der Waals surface area contributed by atoms with E-state index in [1.807, 2.05) is 37.3 Å². The lowest BCUT2D eigenvalue weighted by Gasteiger charge is -2.30. The summed E-state index contributed by atoms with van der Waals surface area (Å²) in [6.07, 6.45) is -2.62. The fourth-order valence-electron chi connectivity index (χ4n) is 5.94. The van der Waals surface area contributed by atoms with E-state index in [2.05, 4.69) is 10.3 Å². The molecule has 5 aliphatic rings. The van der Waals surface area contributed by atoms with Crippen molar-refractivity contribution in [3.8, 4) is 5.75 Å². The van der Waals surface area contributed by atoms with Gasteiger partial charge in [0.05, 0.1) is 18.4 Å². The topological polar surface area (TPSA) is 97.5 Å². The first-order valence-corrected chi connectivity index (χ1v) is 13.8. The van der Waals surface area contributed by atoms with Crippen LogP contribution in [0.25, 0.3) is 11.0 Å². The predicted octanol–water partition coefficient (Wildman–Crippen LogP) is 5.70. The van der Waals surface area contributed by atoms with Gasteiger partial charge >= 0.3 is 12.1 Å². The highest BCUT2D eigenvalue weighted by Gasteiger charge is 2.31. The number of hydrogen-bond donors (Lipinski definition) is 1. The molecule has 0 fully saturated rings. The second kappa shape index (κ2) is 10.6. The number of halogens is 2. The third kappa shape index (κ3) is 5.38. The van der Waals surface area contributed by atoms with E-state index in [9.17, 15) is 23.5 Å². The van der Waals surface area contributed by atoms with Crippen LogP contribution in [0.15, 0.2) is 54.6 Å². The Morgan fingerprint density at radius 2 is 1.88 bits per heavy atom. The molecule has 0 radical (unpaired) electrons. The van der Waals surface area contributed by atoms with Gasteiger partial charge in [-0.2, -0.15) is 8.78 Å². The molecular weight excluding hydrogens is 530 g/mol. The molecule has 8 nitrogen and oxygen atoms in total. The number of aromatic nitrogens is 3. The van der Waals surface area contributed by atoms with Gasteiger partial charge in [-0.05, 0) is 84.3 Å². The van der Waals surface area contributed by atoms with Crippen LogP contribution >= 0.6 is 0 Å². The van der Waals surface area contributed by atoms with E-state index >= 15 is 0 Å². The third-order valence-electron chi connectivity index (χ3n) is 8.12. The predicted molar refractivity (Wildman–Crippen MR) is 147 cm³/mol. The summed E-state index contributed by atoms with van der Waals surface area (Å²) in [4.78, 5) is 27.0. The average Bonchev–Trinajstić information content (AvgIpc) is 3.37. The second-order valence-electron chi connectivity index (χ2n) is 10.8. The minimum absolute atomic E-state index is 0.000320. The number of amides is 1. The number of carbonyl (C=O) groups excluding carboxylic acids is 1. The molecule has 3 aromatic carbocycles. The maximum absolute atomic E-state index is 14.6. The van der Waals surface area contributed by atoms with Gasteiger partial charge in [-0.25, -0.2) is 4.68 Å². The molecule has 10 heteroatoms. The zero-order valence-corrected chi connectivity index (χ0v) is 22.6. The quantitative estimate of drug-likeness (QED) is 0.338. The number of carbonyl (C=O) groups is 2. The summed E-state index contributed by atoms with van der Waals surface area (Å²) >= 11 is 0. The second-order valence-corrected chi connectivity index (χ2v) is 10.8. The van der Waals surface area contributed by atoms with Crippen LogP contribution in [0.2, 0.25) is 0 Å². The monoisotopic (exact) mass is 560 g/mol. The number of alkyl halides is 2. The molecule has 9 rings (SSSR count). The Morgan fingerprint density at radius 3 is 2.66 bits per heavy atom. The normalized spacial score (nSPS) is 18.9. The summed E-state index contributed by atoms with van der Waals surface area (Å²) in [6.45, 7) is 3.20. The molecule has 6 heterocycles. The molecule has 1 N–H and O–H groups in total. The summed E-state index contributed by atoms with van der Waals surface area (Å²) in [5.74, 6) is -1.54. The largest absolute Gasteiger partial charge is 0.481 e. The molecule has 1 unspecified atom stereocenters. The molecule has 1 aromatic heterocycles. The van der Waals surface area contributed by atoms with Crippen LogP contribution in [-0.4, -0.2) is 49.5 Å². The van der Waals surface area contributed by atoms with Gasteiger partial charge < -0.3 is 14.7 Å². The maximum Gasteiger partial charge on any atom is 0.397 e. The van der Waals surface area contributed by atoms with E-state index < -0.39 is 24.4 Å². The molecular formula is C31H30F2N4O4. The minimum Gasteiger partial charge on any atom is -0.481 e. The van der Waals surface area contributed by atoms with Crippen molar-refractivity contribution in [2.24, 2.45) is 0 Å². The Labute approximate surface area is 235 Å². The van der Waals surface area contributed by atoms with Crippen LogP contribution in [0.4, 0.5) is 8.78 Å². The molecule has 0 saturated carbocycles. The van der Waals surface area contributed by atoms with Crippen molar-refractivity contribution in [3.05, 3.63) is 88.0 Å².